The quantitative estimate of drug-likeness (QED) is 0.743. The number of ether oxygens (including phenoxy) is 1. The van der Waals surface area contributed by atoms with Crippen molar-refractivity contribution in [3.8, 4) is 0 Å². The maximum atomic E-state index is 11.7. The van der Waals surface area contributed by atoms with Gasteiger partial charge in [-0.1, -0.05) is 6.92 Å². The highest BCUT2D eigenvalue weighted by molar-refractivity contribution is 5.81. The van der Waals surface area contributed by atoms with Crippen LogP contribution < -0.4 is 5.73 Å². The summed E-state index contributed by atoms with van der Waals surface area (Å²) >= 11 is 0. The van der Waals surface area contributed by atoms with E-state index in [0.29, 0.717) is 12.1 Å². The summed E-state index contributed by atoms with van der Waals surface area (Å²) in [5.74, 6) is -0.264. The average Bonchev–Trinajstić information content (AvgIpc) is 2.68. The first-order valence-corrected chi connectivity index (χ1v) is 6.57. The molecule has 1 aliphatic carbocycles. The zero-order valence-electron chi connectivity index (χ0n) is 11.5. The number of hydrogen-bond acceptors (Lipinski definition) is 4. The Morgan fingerprint density at radius 3 is 2.71 bits per heavy atom. The van der Waals surface area contributed by atoms with Gasteiger partial charge in [-0.2, -0.15) is 0 Å². The lowest BCUT2D eigenvalue weighted by Crippen LogP contribution is -2.49. The molecule has 0 aliphatic heterocycles. The second-order valence-corrected chi connectivity index (χ2v) is 5.38. The minimum atomic E-state index is -0.764. The Bertz CT molecular complexity index is 268. The van der Waals surface area contributed by atoms with Gasteiger partial charge in [-0.05, 0) is 46.1 Å². The molecule has 4 heteroatoms. The molecule has 0 bridgehead atoms. The lowest BCUT2D eigenvalue weighted by molar-refractivity contribution is -0.147. The maximum absolute atomic E-state index is 11.7. The molecular formula is C13H26N2O2. The van der Waals surface area contributed by atoms with Crippen LogP contribution in [-0.2, 0) is 9.53 Å². The lowest BCUT2D eigenvalue weighted by atomic mass is 9.99. The van der Waals surface area contributed by atoms with Crippen LogP contribution in [0, 0.1) is 0 Å². The summed E-state index contributed by atoms with van der Waals surface area (Å²) in [7, 11) is 1.41. The van der Waals surface area contributed by atoms with Gasteiger partial charge in [-0.3, -0.25) is 9.69 Å². The van der Waals surface area contributed by atoms with Crippen molar-refractivity contribution in [3.63, 3.8) is 0 Å². The van der Waals surface area contributed by atoms with E-state index in [9.17, 15) is 4.79 Å². The Hall–Kier alpha value is -0.610. The van der Waals surface area contributed by atoms with Gasteiger partial charge in [-0.25, -0.2) is 0 Å². The number of nitrogens with two attached hydrogens (primary N) is 1. The number of carbonyl (C=O) groups is 1. The van der Waals surface area contributed by atoms with E-state index in [0.717, 1.165) is 32.2 Å². The predicted molar refractivity (Wildman–Crippen MR) is 68.7 cm³/mol. The van der Waals surface area contributed by atoms with Crippen molar-refractivity contribution in [1.82, 2.24) is 4.90 Å². The van der Waals surface area contributed by atoms with Crippen molar-refractivity contribution in [3.05, 3.63) is 0 Å². The Morgan fingerprint density at radius 2 is 2.24 bits per heavy atom. The Balaban J connectivity index is 2.67. The standard InChI is InChI=1S/C13H26N2O2/c1-5-8-15(10(2)3)11-6-7-13(14,9-11)12(16)17-4/h10-11H,5-9,14H2,1-4H3. The molecule has 0 aromatic heterocycles. The van der Waals surface area contributed by atoms with E-state index < -0.39 is 5.54 Å². The molecule has 0 aromatic carbocycles. The lowest BCUT2D eigenvalue weighted by Gasteiger charge is -2.33. The number of rotatable bonds is 5. The molecule has 100 valence electrons. The van der Waals surface area contributed by atoms with Gasteiger partial charge in [0.15, 0.2) is 0 Å². The molecule has 0 spiro atoms. The molecule has 1 fully saturated rings. The molecule has 1 rings (SSSR count). The van der Waals surface area contributed by atoms with E-state index in [2.05, 4.69) is 25.7 Å². The van der Waals surface area contributed by atoms with Crippen LogP contribution in [0.5, 0.6) is 0 Å². The van der Waals surface area contributed by atoms with Gasteiger partial charge in [0.25, 0.3) is 0 Å². The van der Waals surface area contributed by atoms with Gasteiger partial charge in [0.2, 0.25) is 0 Å². The molecule has 0 heterocycles. The van der Waals surface area contributed by atoms with Gasteiger partial charge < -0.3 is 10.5 Å². The van der Waals surface area contributed by atoms with Crippen LogP contribution >= 0.6 is 0 Å². The van der Waals surface area contributed by atoms with Crippen LogP contribution in [0.25, 0.3) is 0 Å². The zero-order valence-corrected chi connectivity index (χ0v) is 11.5. The van der Waals surface area contributed by atoms with Crippen molar-refractivity contribution < 1.29 is 9.53 Å². The largest absolute Gasteiger partial charge is 0.468 e. The summed E-state index contributed by atoms with van der Waals surface area (Å²) in [6, 6.07) is 0.916. The van der Waals surface area contributed by atoms with Crippen molar-refractivity contribution in [2.45, 2.75) is 64.1 Å². The van der Waals surface area contributed by atoms with E-state index in [-0.39, 0.29) is 5.97 Å². The summed E-state index contributed by atoms with van der Waals surface area (Å²) in [5.41, 5.74) is 5.37. The molecule has 0 saturated heterocycles. The number of nitrogens with zero attached hydrogens (tertiary/aromatic N) is 1. The van der Waals surface area contributed by atoms with E-state index in [1.54, 1.807) is 0 Å². The van der Waals surface area contributed by atoms with Gasteiger partial charge >= 0.3 is 5.97 Å². The average molecular weight is 242 g/mol. The molecule has 2 atom stereocenters. The molecule has 0 amide bonds. The molecule has 17 heavy (non-hydrogen) atoms. The first-order valence-electron chi connectivity index (χ1n) is 6.57. The van der Waals surface area contributed by atoms with E-state index in [4.69, 9.17) is 10.5 Å². The minimum absolute atomic E-state index is 0.264. The molecule has 1 aliphatic rings. The van der Waals surface area contributed by atoms with Gasteiger partial charge in [0.1, 0.15) is 5.54 Å². The van der Waals surface area contributed by atoms with Crippen LogP contribution in [0.4, 0.5) is 0 Å². The number of carbonyl (C=O) groups excluding carboxylic acids is 1. The van der Waals surface area contributed by atoms with E-state index in [1.165, 1.54) is 7.11 Å². The fraction of sp³-hybridized carbons (Fsp3) is 0.923. The fourth-order valence-electron chi connectivity index (χ4n) is 2.84. The van der Waals surface area contributed by atoms with Crippen molar-refractivity contribution in [1.29, 1.82) is 0 Å². The predicted octanol–water partition coefficient (Wildman–Crippen LogP) is 1.53. The first-order chi connectivity index (χ1) is 7.94. The summed E-state index contributed by atoms with van der Waals surface area (Å²) in [5, 5.41) is 0. The van der Waals surface area contributed by atoms with Crippen molar-refractivity contribution >= 4 is 5.97 Å². The second-order valence-electron chi connectivity index (χ2n) is 5.38. The van der Waals surface area contributed by atoms with Crippen LogP contribution in [0.2, 0.25) is 0 Å². The smallest absolute Gasteiger partial charge is 0.325 e. The monoisotopic (exact) mass is 242 g/mol. The Morgan fingerprint density at radius 1 is 1.59 bits per heavy atom. The number of hydrogen-bond donors (Lipinski definition) is 1. The van der Waals surface area contributed by atoms with Crippen LogP contribution in [0.3, 0.4) is 0 Å². The summed E-state index contributed by atoms with van der Waals surface area (Å²) < 4.78 is 4.80. The summed E-state index contributed by atoms with van der Waals surface area (Å²) in [6.45, 7) is 7.65. The highest BCUT2D eigenvalue weighted by atomic mass is 16.5. The van der Waals surface area contributed by atoms with Crippen LogP contribution in [0.1, 0.15) is 46.5 Å². The van der Waals surface area contributed by atoms with Gasteiger partial charge in [0, 0.05) is 12.1 Å². The third kappa shape index (κ3) is 3.19. The molecule has 2 N–H and O–H groups in total. The minimum Gasteiger partial charge on any atom is -0.468 e. The molecule has 4 nitrogen and oxygen atoms in total. The zero-order chi connectivity index (χ0) is 13.1. The highest BCUT2D eigenvalue weighted by Gasteiger charge is 2.44. The third-order valence-electron chi connectivity index (χ3n) is 3.73. The Kier molecular flexibility index (Phi) is 4.95. The van der Waals surface area contributed by atoms with Gasteiger partial charge in [-0.15, -0.1) is 0 Å². The van der Waals surface area contributed by atoms with E-state index >= 15 is 0 Å². The third-order valence-corrected chi connectivity index (χ3v) is 3.73. The number of methoxy groups -OCH3 is 1. The first kappa shape index (κ1) is 14.5. The summed E-state index contributed by atoms with van der Waals surface area (Å²) in [6.07, 6.45) is 3.57. The van der Waals surface area contributed by atoms with Gasteiger partial charge in [0.05, 0.1) is 7.11 Å². The molecular weight excluding hydrogens is 216 g/mol. The highest BCUT2D eigenvalue weighted by Crippen LogP contribution is 2.33. The fourth-order valence-corrected chi connectivity index (χ4v) is 2.84. The SMILES string of the molecule is CCCN(C(C)C)C1CCC(N)(C(=O)OC)C1. The second kappa shape index (κ2) is 5.83. The van der Waals surface area contributed by atoms with E-state index in [1.807, 2.05) is 0 Å². The Labute approximate surface area is 104 Å². The molecule has 0 aromatic rings. The summed E-state index contributed by atoms with van der Waals surface area (Å²) in [4.78, 5) is 14.1. The molecule has 1 saturated carbocycles. The van der Waals surface area contributed by atoms with Crippen LogP contribution in [-0.4, -0.2) is 42.1 Å². The van der Waals surface area contributed by atoms with Crippen molar-refractivity contribution in [2.24, 2.45) is 5.73 Å². The molecule has 2 unspecified atom stereocenters. The van der Waals surface area contributed by atoms with Crippen LogP contribution in [0.15, 0.2) is 0 Å². The molecule has 0 radical (unpaired) electrons. The number of esters is 1. The maximum Gasteiger partial charge on any atom is 0.325 e. The van der Waals surface area contributed by atoms with Crippen molar-refractivity contribution in [2.75, 3.05) is 13.7 Å². The normalized spacial score (nSPS) is 29.0. The topological polar surface area (TPSA) is 55.6 Å².